The molecule has 2 aliphatic rings. The third-order valence-electron chi connectivity index (χ3n) is 5.77. The van der Waals surface area contributed by atoms with Crippen LogP contribution in [0.25, 0.3) is 17.2 Å². The van der Waals surface area contributed by atoms with Gasteiger partial charge in [0, 0.05) is 44.1 Å². The summed E-state index contributed by atoms with van der Waals surface area (Å²) in [5.74, 6) is 3.43. The maximum atomic E-state index is 5.51. The van der Waals surface area contributed by atoms with Gasteiger partial charge in [-0.15, -0.1) is 15.3 Å². The zero-order chi connectivity index (χ0) is 21.7. The Balaban J connectivity index is 1.22. The van der Waals surface area contributed by atoms with Crippen molar-refractivity contribution in [3.63, 3.8) is 0 Å². The van der Waals surface area contributed by atoms with Gasteiger partial charge in [0.25, 0.3) is 5.78 Å². The number of piperazine rings is 1. The number of benzene rings is 1. The lowest BCUT2D eigenvalue weighted by molar-refractivity contribution is 0.174. The number of aryl methyl sites for hydroxylation is 2. The van der Waals surface area contributed by atoms with Crippen LogP contribution in [0.1, 0.15) is 11.5 Å². The Kier molecular flexibility index (Phi) is 4.27. The molecule has 0 atom stereocenters. The number of aromatic nitrogens is 7. The number of fused-ring (bicyclic) bond motifs is 2. The van der Waals surface area contributed by atoms with Crippen molar-refractivity contribution in [1.82, 2.24) is 34.8 Å². The maximum Gasteiger partial charge on any atom is 0.272 e. The molecule has 2 aliphatic heterocycles. The molecule has 0 radical (unpaired) electrons. The van der Waals surface area contributed by atoms with Crippen molar-refractivity contribution in [2.45, 2.75) is 13.8 Å². The Morgan fingerprint density at radius 3 is 2.56 bits per heavy atom. The quantitative estimate of drug-likeness (QED) is 0.475. The molecule has 11 heteroatoms. The van der Waals surface area contributed by atoms with Crippen LogP contribution >= 0.6 is 0 Å². The van der Waals surface area contributed by atoms with E-state index in [1.807, 2.05) is 32.0 Å². The van der Waals surface area contributed by atoms with E-state index in [2.05, 4.69) is 41.1 Å². The summed E-state index contributed by atoms with van der Waals surface area (Å²) in [5, 5.41) is 12.9. The molecular formula is C21H21N9O2. The predicted molar refractivity (Wildman–Crippen MR) is 116 cm³/mol. The zero-order valence-electron chi connectivity index (χ0n) is 17.8. The topological polar surface area (TPSA) is 107 Å². The highest BCUT2D eigenvalue weighted by atomic mass is 16.7. The molecule has 0 amide bonds. The first-order chi connectivity index (χ1) is 15.7. The third-order valence-corrected chi connectivity index (χ3v) is 5.77. The molecule has 11 nitrogen and oxygen atoms in total. The van der Waals surface area contributed by atoms with Gasteiger partial charge in [-0.2, -0.15) is 9.50 Å². The predicted octanol–water partition coefficient (Wildman–Crippen LogP) is 1.65. The lowest BCUT2D eigenvalue weighted by Crippen LogP contribution is -2.47. The number of hydrogen-bond donors (Lipinski definition) is 0. The SMILES string of the molecule is Cc1nc2nnc(-c3ccnc(N4CCN(c5ccc6c(c5)OCO6)CC4)n3)c(C)n2n1. The van der Waals surface area contributed by atoms with E-state index in [-0.39, 0.29) is 6.79 Å². The molecule has 5 heterocycles. The first-order valence-corrected chi connectivity index (χ1v) is 10.5. The van der Waals surface area contributed by atoms with Crippen molar-refractivity contribution in [2.24, 2.45) is 0 Å². The van der Waals surface area contributed by atoms with E-state index in [4.69, 9.17) is 14.5 Å². The first-order valence-electron chi connectivity index (χ1n) is 10.5. The van der Waals surface area contributed by atoms with E-state index in [9.17, 15) is 0 Å². The third kappa shape index (κ3) is 3.13. The molecule has 6 rings (SSSR count). The van der Waals surface area contributed by atoms with Crippen molar-refractivity contribution >= 4 is 17.4 Å². The average molecular weight is 431 g/mol. The second kappa shape index (κ2) is 7.29. The van der Waals surface area contributed by atoms with Gasteiger partial charge in [-0.3, -0.25) is 0 Å². The number of anilines is 2. The van der Waals surface area contributed by atoms with Crippen LogP contribution in [-0.2, 0) is 0 Å². The Morgan fingerprint density at radius 2 is 1.69 bits per heavy atom. The standard InChI is InChI=1S/C21H21N9O2/c1-13-19(25-26-21-23-14(2)27-30(13)21)16-5-6-22-20(24-16)29-9-7-28(8-10-29)15-3-4-17-18(11-15)32-12-31-17/h3-6,11H,7-10,12H2,1-2H3. The van der Waals surface area contributed by atoms with Crippen molar-refractivity contribution in [2.75, 3.05) is 42.8 Å². The molecule has 0 N–H and O–H groups in total. The highest BCUT2D eigenvalue weighted by Gasteiger charge is 2.22. The molecule has 0 aliphatic carbocycles. The van der Waals surface area contributed by atoms with Crippen molar-refractivity contribution < 1.29 is 9.47 Å². The van der Waals surface area contributed by atoms with Crippen LogP contribution < -0.4 is 19.3 Å². The summed E-state index contributed by atoms with van der Waals surface area (Å²) < 4.78 is 12.6. The molecule has 3 aromatic heterocycles. The normalized spacial score (nSPS) is 15.6. The maximum absolute atomic E-state index is 5.51. The first kappa shape index (κ1) is 18.7. The average Bonchev–Trinajstić information content (AvgIpc) is 3.45. The fraction of sp³-hybridized carbons (Fsp3) is 0.333. The van der Waals surface area contributed by atoms with Crippen LogP contribution in [0.15, 0.2) is 30.5 Å². The van der Waals surface area contributed by atoms with Crippen LogP contribution in [0.3, 0.4) is 0 Å². The molecule has 0 bridgehead atoms. The Hall–Kier alpha value is -4.02. The van der Waals surface area contributed by atoms with Crippen LogP contribution in [0.4, 0.5) is 11.6 Å². The minimum atomic E-state index is 0.285. The lowest BCUT2D eigenvalue weighted by Gasteiger charge is -2.36. The molecule has 0 spiro atoms. The van der Waals surface area contributed by atoms with E-state index >= 15 is 0 Å². The van der Waals surface area contributed by atoms with Gasteiger partial charge in [0.05, 0.1) is 11.4 Å². The second-order valence-electron chi connectivity index (χ2n) is 7.76. The summed E-state index contributed by atoms with van der Waals surface area (Å²) in [6.07, 6.45) is 1.76. The van der Waals surface area contributed by atoms with E-state index in [1.54, 1.807) is 10.7 Å². The van der Waals surface area contributed by atoms with Gasteiger partial charge in [0.1, 0.15) is 11.5 Å². The van der Waals surface area contributed by atoms with E-state index in [0.29, 0.717) is 28.9 Å². The number of rotatable bonds is 3. The highest BCUT2D eigenvalue weighted by Crippen LogP contribution is 2.35. The van der Waals surface area contributed by atoms with Gasteiger partial charge in [-0.25, -0.2) is 9.97 Å². The van der Waals surface area contributed by atoms with E-state index < -0.39 is 0 Å². The van der Waals surface area contributed by atoms with Gasteiger partial charge in [0.2, 0.25) is 12.7 Å². The zero-order valence-corrected chi connectivity index (χ0v) is 17.8. The summed E-state index contributed by atoms with van der Waals surface area (Å²) in [4.78, 5) is 18.1. The number of hydrogen-bond acceptors (Lipinski definition) is 10. The lowest BCUT2D eigenvalue weighted by atomic mass is 10.2. The fourth-order valence-corrected chi connectivity index (χ4v) is 4.08. The highest BCUT2D eigenvalue weighted by molar-refractivity contribution is 5.60. The molecule has 0 unspecified atom stereocenters. The number of ether oxygens (including phenoxy) is 2. The molecular weight excluding hydrogens is 410 g/mol. The summed E-state index contributed by atoms with van der Waals surface area (Å²) >= 11 is 0. The van der Waals surface area contributed by atoms with Gasteiger partial charge >= 0.3 is 0 Å². The van der Waals surface area contributed by atoms with Crippen LogP contribution in [-0.4, -0.2) is 67.7 Å². The van der Waals surface area contributed by atoms with Crippen LogP contribution in [0, 0.1) is 13.8 Å². The van der Waals surface area contributed by atoms with Gasteiger partial charge < -0.3 is 19.3 Å². The Labute approximate surface area is 183 Å². The Bertz CT molecular complexity index is 1310. The summed E-state index contributed by atoms with van der Waals surface area (Å²) in [6.45, 7) is 7.39. The minimum absolute atomic E-state index is 0.285. The second-order valence-corrected chi connectivity index (χ2v) is 7.76. The molecule has 0 saturated carbocycles. The molecule has 1 aromatic carbocycles. The largest absolute Gasteiger partial charge is 0.454 e. The molecule has 4 aromatic rings. The van der Waals surface area contributed by atoms with Crippen LogP contribution in [0.5, 0.6) is 11.5 Å². The Morgan fingerprint density at radius 1 is 0.875 bits per heavy atom. The number of nitrogens with zero attached hydrogens (tertiary/aromatic N) is 9. The fourth-order valence-electron chi connectivity index (χ4n) is 4.08. The van der Waals surface area contributed by atoms with Gasteiger partial charge in [0.15, 0.2) is 11.5 Å². The van der Waals surface area contributed by atoms with E-state index in [1.165, 1.54) is 0 Å². The van der Waals surface area contributed by atoms with Crippen LogP contribution in [0.2, 0.25) is 0 Å². The summed E-state index contributed by atoms with van der Waals surface area (Å²) in [7, 11) is 0. The minimum Gasteiger partial charge on any atom is -0.454 e. The van der Waals surface area contributed by atoms with Gasteiger partial charge in [-0.05, 0) is 32.0 Å². The molecule has 1 fully saturated rings. The van der Waals surface area contributed by atoms with Crippen molar-refractivity contribution in [3.8, 4) is 22.9 Å². The summed E-state index contributed by atoms with van der Waals surface area (Å²) in [5.41, 5.74) is 3.36. The molecule has 1 saturated heterocycles. The van der Waals surface area contributed by atoms with Crippen molar-refractivity contribution in [1.29, 1.82) is 0 Å². The smallest absolute Gasteiger partial charge is 0.272 e. The monoisotopic (exact) mass is 431 g/mol. The van der Waals surface area contributed by atoms with Crippen molar-refractivity contribution in [3.05, 3.63) is 42.0 Å². The molecule has 32 heavy (non-hydrogen) atoms. The summed E-state index contributed by atoms with van der Waals surface area (Å²) in [6, 6.07) is 7.93. The van der Waals surface area contributed by atoms with E-state index in [0.717, 1.165) is 49.1 Å². The molecule has 162 valence electrons. The van der Waals surface area contributed by atoms with Gasteiger partial charge in [-0.1, -0.05) is 0 Å².